The molecule has 1 heterocycles. The van der Waals surface area contributed by atoms with Crippen molar-refractivity contribution in [3.05, 3.63) is 23.8 Å². The van der Waals surface area contributed by atoms with Crippen LogP contribution in [-0.2, 0) is 20.7 Å². The molecule has 0 saturated heterocycles. The first-order valence-corrected chi connectivity index (χ1v) is 10.8. The summed E-state index contributed by atoms with van der Waals surface area (Å²) in [7, 11) is 0. The molecule has 1 amide bonds. The van der Waals surface area contributed by atoms with E-state index in [0.717, 1.165) is 17.1 Å². The largest absolute Gasteiger partial charge is 0.455 e. The van der Waals surface area contributed by atoms with Gasteiger partial charge in [0.1, 0.15) is 18.2 Å². The number of benzene rings is 1. The van der Waals surface area contributed by atoms with Crippen LogP contribution < -0.4 is 15.2 Å². The van der Waals surface area contributed by atoms with Crippen molar-refractivity contribution in [2.45, 2.75) is 72.1 Å². The Labute approximate surface area is 185 Å². The second-order valence-corrected chi connectivity index (χ2v) is 9.00. The predicted octanol–water partition coefficient (Wildman–Crippen LogP) is 3.50. The van der Waals surface area contributed by atoms with Gasteiger partial charge in [-0.25, -0.2) is 4.79 Å². The van der Waals surface area contributed by atoms with Gasteiger partial charge in [-0.1, -0.05) is 19.9 Å². The van der Waals surface area contributed by atoms with Gasteiger partial charge in [-0.3, -0.25) is 4.79 Å². The van der Waals surface area contributed by atoms with Crippen LogP contribution in [0, 0.1) is 5.92 Å². The lowest BCUT2D eigenvalue weighted by molar-refractivity contribution is -0.162. The minimum absolute atomic E-state index is 0.0563. The second-order valence-electron chi connectivity index (χ2n) is 9.00. The molecule has 31 heavy (non-hydrogen) atoms. The van der Waals surface area contributed by atoms with E-state index in [-0.39, 0.29) is 25.4 Å². The summed E-state index contributed by atoms with van der Waals surface area (Å²) in [6.07, 6.45) is 0.726. The Morgan fingerprint density at radius 1 is 1.19 bits per heavy atom. The molecule has 0 spiro atoms. The Balaban J connectivity index is 1.88. The van der Waals surface area contributed by atoms with Gasteiger partial charge < -0.3 is 29.6 Å². The van der Waals surface area contributed by atoms with Crippen LogP contribution in [0.1, 0.15) is 53.5 Å². The molecular weight excluding hydrogens is 400 g/mol. The fourth-order valence-electron chi connectivity index (χ4n) is 3.44. The van der Waals surface area contributed by atoms with Crippen LogP contribution >= 0.6 is 0 Å². The highest BCUT2D eigenvalue weighted by Gasteiger charge is 2.30. The molecule has 1 aromatic carbocycles. The molecule has 1 aromatic rings. The van der Waals surface area contributed by atoms with E-state index < -0.39 is 23.7 Å². The van der Waals surface area contributed by atoms with Crippen LogP contribution in [0.15, 0.2) is 18.2 Å². The summed E-state index contributed by atoms with van der Waals surface area (Å²) in [6, 6.07) is 4.99. The summed E-state index contributed by atoms with van der Waals surface area (Å²) in [5.41, 5.74) is 5.96. The maximum absolute atomic E-state index is 12.7. The van der Waals surface area contributed by atoms with Gasteiger partial charge in [-0.2, -0.15) is 0 Å². The average molecular weight is 437 g/mol. The van der Waals surface area contributed by atoms with Gasteiger partial charge in [0.15, 0.2) is 11.5 Å². The van der Waals surface area contributed by atoms with E-state index in [1.165, 1.54) is 0 Å². The smallest absolute Gasteiger partial charge is 0.410 e. The third-order valence-corrected chi connectivity index (χ3v) is 5.02. The highest BCUT2D eigenvalue weighted by atomic mass is 16.7. The lowest BCUT2D eigenvalue weighted by Crippen LogP contribution is -2.45. The number of carbonyl (C=O) groups is 2. The standard InChI is InChI=1S/C23H36N2O6/c1-7-25(16(4)11-17-8-9-19-20(12-17)30-14-29-19)22(27)28-13-23(5,6)31-21(26)18(24)10-15(2)3/h8-9,12,15-16,18H,7,10-11,13-14,24H2,1-6H3. The lowest BCUT2D eigenvalue weighted by atomic mass is 10.0. The maximum Gasteiger partial charge on any atom is 0.410 e. The number of ether oxygens (including phenoxy) is 4. The van der Waals surface area contributed by atoms with Crippen LogP contribution in [-0.4, -0.2) is 54.6 Å². The SMILES string of the molecule is CCN(C(=O)OCC(C)(C)OC(=O)C(N)CC(C)C)C(C)Cc1ccc2c(c1)OCO2. The van der Waals surface area contributed by atoms with Gasteiger partial charge in [-0.15, -0.1) is 0 Å². The minimum Gasteiger partial charge on any atom is -0.455 e. The monoisotopic (exact) mass is 436 g/mol. The minimum atomic E-state index is -0.971. The molecule has 0 saturated carbocycles. The average Bonchev–Trinajstić information content (AvgIpc) is 3.14. The summed E-state index contributed by atoms with van der Waals surface area (Å²) in [4.78, 5) is 26.5. The van der Waals surface area contributed by atoms with E-state index in [4.69, 9.17) is 24.7 Å². The second kappa shape index (κ2) is 10.7. The molecule has 2 unspecified atom stereocenters. The predicted molar refractivity (Wildman–Crippen MR) is 117 cm³/mol. The van der Waals surface area contributed by atoms with Crippen molar-refractivity contribution in [1.29, 1.82) is 0 Å². The molecule has 0 radical (unpaired) electrons. The van der Waals surface area contributed by atoms with Crippen molar-refractivity contribution < 1.29 is 28.5 Å². The summed E-state index contributed by atoms with van der Waals surface area (Å²) in [5, 5.41) is 0. The Morgan fingerprint density at radius 2 is 1.87 bits per heavy atom. The summed E-state index contributed by atoms with van der Waals surface area (Å²) >= 11 is 0. The van der Waals surface area contributed by atoms with Crippen LogP contribution in [0.4, 0.5) is 4.79 Å². The Morgan fingerprint density at radius 3 is 2.52 bits per heavy atom. The summed E-state index contributed by atoms with van der Waals surface area (Å²) in [5.74, 6) is 1.24. The molecule has 1 aliphatic heterocycles. The zero-order chi connectivity index (χ0) is 23.2. The van der Waals surface area contributed by atoms with Crippen LogP contribution in [0.3, 0.4) is 0 Å². The van der Waals surface area contributed by atoms with Gasteiger partial charge in [-0.05, 0) is 64.2 Å². The first kappa shape index (κ1) is 24.8. The molecular formula is C23H36N2O6. The highest BCUT2D eigenvalue weighted by molar-refractivity contribution is 5.76. The van der Waals surface area contributed by atoms with E-state index in [1.807, 2.05) is 45.9 Å². The third-order valence-electron chi connectivity index (χ3n) is 5.02. The number of carbonyl (C=O) groups excluding carboxylic acids is 2. The van der Waals surface area contributed by atoms with Gasteiger partial charge >= 0.3 is 12.1 Å². The fourth-order valence-corrected chi connectivity index (χ4v) is 3.44. The van der Waals surface area contributed by atoms with Crippen molar-refractivity contribution in [3.63, 3.8) is 0 Å². The number of hydrogen-bond donors (Lipinski definition) is 1. The molecule has 2 atom stereocenters. The molecule has 8 nitrogen and oxygen atoms in total. The number of amides is 1. The molecule has 1 aliphatic rings. The zero-order valence-electron chi connectivity index (χ0n) is 19.5. The van der Waals surface area contributed by atoms with E-state index in [1.54, 1.807) is 18.7 Å². The summed E-state index contributed by atoms with van der Waals surface area (Å²) < 4.78 is 21.7. The zero-order valence-corrected chi connectivity index (χ0v) is 19.5. The molecule has 2 N–H and O–H groups in total. The first-order chi connectivity index (χ1) is 14.5. The molecule has 8 heteroatoms. The molecule has 0 bridgehead atoms. The van der Waals surface area contributed by atoms with E-state index in [0.29, 0.717) is 19.4 Å². The Bertz CT molecular complexity index is 764. The van der Waals surface area contributed by atoms with Crippen molar-refractivity contribution in [2.24, 2.45) is 11.7 Å². The van der Waals surface area contributed by atoms with Crippen LogP contribution in [0.5, 0.6) is 11.5 Å². The molecule has 0 aliphatic carbocycles. The fraction of sp³-hybridized carbons (Fsp3) is 0.652. The lowest BCUT2D eigenvalue weighted by Gasteiger charge is -2.30. The van der Waals surface area contributed by atoms with Crippen LogP contribution in [0.25, 0.3) is 0 Å². The number of esters is 1. The molecule has 0 fully saturated rings. The number of fused-ring (bicyclic) bond motifs is 1. The number of likely N-dealkylation sites (N-methyl/N-ethyl adjacent to an activating group) is 1. The van der Waals surface area contributed by atoms with Crippen LogP contribution in [0.2, 0.25) is 0 Å². The van der Waals surface area contributed by atoms with E-state index in [2.05, 4.69) is 0 Å². The first-order valence-electron chi connectivity index (χ1n) is 10.8. The highest BCUT2D eigenvalue weighted by Crippen LogP contribution is 2.33. The maximum atomic E-state index is 12.7. The third kappa shape index (κ3) is 7.31. The molecule has 0 aromatic heterocycles. The van der Waals surface area contributed by atoms with E-state index >= 15 is 0 Å². The van der Waals surface area contributed by atoms with Crippen molar-refractivity contribution in [2.75, 3.05) is 19.9 Å². The number of nitrogens with two attached hydrogens (primary N) is 1. The Hall–Kier alpha value is -2.48. The quantitative estimate of drug-likeness (QED) is 0.560. The number of nitrogens with zero attached hydrogens (tertiary/aromatic N) is 1. The van der Waals surface area contributed by atoms with Gasteiger partial charge in [0.05, 0.1) is 0 Å². The van der Waals surface area contributed by atoms with Crippen molar-refractivity contribution in [1.82, 2.24) is 4.90 Å². The van der Waals surface area contributed by atoms with Gasteiger partial charge in [0, 0.05) is 12.6 Å². The number of rotatable bonds is 10. The Kier molecular flexibility index (Phi) is 8.56. The topological polar surface area (TPSA) is 100 Å². The molecule has 174 valence electrons. The molecule has 2 rings (SSSR count). The van der Waals surface area contributed by atoms with Gasteiger partial charge in [0.25, 0.3) is 0 Å². The number of hydrogen-bond acceptors (Lipinski definition) is 7. The van der Waals surface area contributed by atoms with Crippen molar-refractivity contribution >= 4 is 12.1 Å². The normalized spacial score (nSPS) is 14.8. The summed E-state index contributed by atoms with van der Waals surface area (Å²) in [6.45, 7) is 11.9. The van der Waals surface area contributed by atoms with E-state index in [9.17, 15) is 9.59 Å². The van der Waals surface area contributed by atoms with Gasteiger partial charge in [0.2, 0.25) is 6.79 Å². The van der Waals surface area contributed by atoms with Crippen molar-refractivity contribution in [3.8, 4) is 11.5 Å².